The molecular formula is C20H18ClN3O4. The van der Waals surface area contributed by atoms with Crippen LogP contribution >= 0.6 is 11.6 Å². The lowest BCUT2D eigenvalue weighted by atomic mass is 10.1. The molecule has 2 heterocycles. The van der Waals surface area contributed by atoms with Crippen molar-refractivity contribution in [1.82, 2.24) is 14.7 Å². The first-order valence-corrected chi connectivity index (χ1v) is 8.75. The van der Waals surface area contributed by atoms with Crippen LogP contribution in [0.3, 0.4) is 0 Å². The molecular weight excluding hydrogens is 382 g/mol. The van der Waals surface area contributed by atoms with Gasteiger partial charge in [-0.15, -0.1) is 0 Å². The van der Waals surface area contributed by atoms with E-state index in [2.05, 4.69) is 10.3 Å². The molecule has 28 heavy (non-hydrogen) atoms. The van der Waals surface area contributed by atoms with Crippen LogP contribution in [-0.2, 0) is 16.1 Å². The van der Waals surface area contributed by atoms with Crippen LogP contribution in [0.1, 0.15) is 21.6 Å². The van der Waals surface area contributed by atoms with Gasteiger partial charge < -0.3 is 14.8 Å². The molecule has 144 valence electrons. The van der Waals surface area contributed by atoms with Crippen LogP contribution in [0.25, 0.3) is 11.7 Å². The minimum Gasteiger partial charge on any atom is -0.496 e. The number of nitrogens with one attached hydrogen (secondary N) is 1. The number of hydrogen-bond donors (Lipinski definition) is 1. The van der Waals surface area contributed by atoms with E-state index in [1.807, 2.05) is 24.4 Å². The number of halogens is 1. The topological polar surface area (TPSA) is 81.9 Å². The lowest BCUT2D eigenvalue weighted by Crippen LogP contribution is -2.20. The van der Waals surface area contributed by atoms with Gasteiger partial charge in [0, 0.05) is 18.8 Å². The quantitative estimate of drug-likeness (QED) is 0.508. The number of methoxy groups -OCH3 is 2. The molecule has 1 N–H and O–H groups in total. The van der Waals surface area contributed by atoms with E-state index in [1.165, 1.54) is 20.3 Å². The third-order valence-corrected chi connectivity index (χ3v) is 4.33. The number of amides is 1. The molecule has 0 radical (unpaired) electrons. The molecule has 7 nitrogen and oxygen atoms in total. The van der Waals surface area contributed by atoms with Gasteiger partial charge in [0.2, 0.25) is 5.91 Å². The first-order valence-electron chi connectivity index (χ1n) is 8.37. The van der Waals surface area contributed by atoms with E-state index in [0.29, 0.717) is 27.8 Å². The molecule has 0 aliphatic carbocycles. The van der Waals surface area contributed by atoms with Crippen LogP contribution in [0.2, 0.25) is 5.15 Å². The normalized spacial score (nSPS) is 11.0. The molecule has 0 unspecified atom stereocenters. The van der Waals surface area contributed by atoms with Gasteiger partial charge in [-0.2, -0.15) is 0 Å². The van der Waals surface area contributed by atoms with Gasteiger partial charge in [0.05, 0.1) is 19.9 Å². The molecule has 3 aromatic rings. The van der Waals surface area contributed by atoms with Crippen molar-refractivity contribution in [3.8, 4) is 5.75 Å². The molecule has 1 amide bonds. The van der Waals surface area contributed by atoms with E-state index in [9.17, 15) is 9.59 Å². The first-order chi connectivity index (χ1) is 13.5. The van der Waals surface area contributed by atoms with E-state index in [-0.39, 0.29) is 12.5 Å². The largest absolute Gasteiger partial charge is 0.496 e. The van der Waals surface area contributed by atoms with Gasteiger partial charge in [0.15, 0.2) is 5.15 Å². The van der Waals surface area contributed by atoms with Crippen molar-refractivity contribution in [3.63, 3.8) is 0 Å². The molecule has 1 aromatic carbocycles. The highest BCUT2D eigenvalue weighted by Crippen LogP contribution is 2.21. The summed E-state index contributed by atoms with van der Waals surface area (Å²) < 4.78 is 11.7. The number of benzene rings is 1. The molecule has 0 atom stereocenters. The summed E-state index contributed by atoms with van der Waals surface area (Å²) in [5, 5.41) is 3.07. The highest BCUT2D eigenvalue weighted by molar-refractivity contribution is 6.31. The number of hydrogen-bond acceptors (Lipinski definition) is 5. The molecule has 0 saturated heterocycles. The number of ether oxygens (including phenoxy) is 2. The minimum atomic E-state index is -0.507. The molecule has 0 spiro atoms. The monoisotopic (exact) mass is 399 g/mol. The van der Waals surface area contributed by atoms with Gasteiger partial charge in [-0.1, -0.05) is 23.7 Å². The van der Waals surface area contributed by atoms with Crippen LogP contribution in [0.5, 0.6) is 5.75 Å². The van der Waals surface area contributed by atoms with Crippen LogP contribution in [-0.4, -0.2) is 35.5 Å². The molecule has 0 aliphatic rings. The zero-order valence-corrected chi connectivity index (χ0v) is 16.1. The van der Waals surface area contributed by atoms with E-state index in [0.717, 1.165) is 5.56 Å². The number of carbonyl (C=O) groups excluding carboxylic acids is 2. The summed E-state index contributed by atoms with van der Waals surface area (Å²) in [7, 11) is 2.77. The lowest BCUT2D eigenvalue weighted by Gasteiger charge is -2.09. The second-order valence-electron chi connectivity index (χ2n) is 5.79. The predicted molar refractivity (Wildman–Crippen MR) is 105 cm³/mol. The number of aromatic nitrogens is 2. The van der Waals surface area contributed by atoms with Crippen molar-refractivity contribution in [2.75, 3.05) is 14.2 Å². The summed E-state index contributed by atoms with van der Waals surface area (Å²) in [5.74, 6) is -0.409. The predicted octanol–water partition coefficient (Wildman–Crippen LogP) is 3.11. The second-order valence-corrected chi connectivity index (χ2v) is 6.15. The van der Waals surface area contributed by atoms with Crippen molar-refractivity contribution >= 4 is 35.2 Å². The number of imidazole rings is 1. The van der Waals surface area contributed by atoms with E-state index in [4.69, 9.17) is 21.1 Å². The summed E-state index contributed by atoms with van der Waals surface area (Å²) >= 11 is 6.14. The Bertz CT molecular complexity index is 1060. The number of carbonyl (C=O) groups is 2. The number of fused-ring (bicyclic) bond motifs is 1. The Morgan fingerprint density at radius 1 is 1.25 bits per heavy atom. The highest BCUT2D eigenvalue weighted by Gasteiger charge is 2.13. The highest BCUT2D eigenvalue weighted by atomic mass is 35.5. The fourth-order valence-electron chi connectivity index (χ4n) is 2.67. The van der Waals surface area contributed by atoms with Gasteiger partial charge >= 0.3 is 5.97 Å². The molecule has 0 aliphatic heterocycles. The van der Waals surface area contributed by atoms with Gasteiger partial charge in [-0.25, -0.2) is 9.78 Å². The van der Waals surface area contributed by atoms with Crippen molar-refractivity contribution in [2.45, 2.75) is 6.54 Å². The Kier molecular flexibility index (Phi) is 5.96. The van der Waals surface area contributed by atoms with E-state index < -0.39 is 5.97 Å². The van der Waals surface area contributed by atoms with E-state index in [1.54, 1.807) is 28.7 Å². The lowest BCUT2D eigenvalue weighted by molar-refractivity contribution is -0.116. The molecule has 0 saturated carbocycles. The summed E-state index contributed by atoms with van der Waals surface area (Å²) in [6.07, 6.45) is 4.80. The van der Waals surface area contributed by atoms with Crippen LogP contribution in [0.4, 0.5) is 0 Å². The standard InChI is InChI=1S/C20H18ClN3O4/c1-27-16-8-6-13(11-14(16)20(26)28-2)12-22-18(25)9-7-15-19(21)23-17-5-3-4-10-24(15)17/h3-11H,12H2,1-2H3,(H,22,25)/b9-7+. The molecule has 2 aromatic heterocycles. The zero-order chi connectivity index (χ0) is 20.1. The zero-order valence-electron chi connectivity index (χ0n) is 15.3. The van der Waals surface area contributed by atoms with Gasteiger partial charge in [-0.05, 0) is 35.9 Å². The van der Waals surface area contributed by atoms with Gasteiger partial charge in [-0.3, -0.25) is 9.20 Å². The van der Waals surface area contributed by atoms with Crippen LogP contribution in [0, 0.1) is 0 Å². The minimum absolute atomic E-state index is 0.234. The van der Waals surface area contributed by atoms with Crippen molar-refractivity contribution in [1.29, 1.82) is 0 Å². The summed E-state index contributed by atoms with van der Waals surface area (Å²) in [5.41, 5.74) is 2.34. The Morgan fingerprint density at radius 2 is 2.07 bits per heavy atom. The summed E-state index contributed by atoms with van der Waals surface area (Å²) in [6.45, 7) is 0.234. The number of pyridine rings is 1. The number of esters is 1. The van der Waals surface area contributed by atoms with Crippen molar-refractivity contribution in [2.24, 2.45) is 0 Å². The van der Waals surface area contributed by atoms with Crippen LogP contribution in [0.15, 0.2) is 48.7 Å². The summed E-state index contributed by atoms with van der Waals surface area (Å²) in [6, 6.07) is 10.6. The number of nitrogens with zero attached hydrogens (tertiary/aromatic N) is 2. The fourth-order valence-corrected chi connectivity index (χ4v) is 2.91. The third-order valence-electron chi connectivity index (χ3n) is 4.05. The van der Waals surface area contributed by atoms with Crippen molar-refractivity contribution in [3.05, 3.63) is 70.6 Å². The maximum Gasteiger partial charge on any atom is 0.341 e. The maximum atomic E-state index is 12.2. The Hall–Kier alpha value is -3.32. The number of rotatable bonds is 6. The van der Waals surface area contributed by atoms with Gasteiger partial charge in [0.25, 0.3) is 0 Å². The van der Waals surface area contributed by atoms with E-state index >= 15 is 0 Å². The van der Waals surface area contributed by atoms with Crippen molar-refractivity contribution < 1.29 is 19.1 Å². The average molecular weight is 400 g/mol. The van der Waals surface area contributed by atoms with Crippen LogP contribution < -0.4 is 10.1 Å². The average Bonchev–Trinajstić information content (AvgIpc) is 3.04. The second kappa shape index (κ2) is 8.58. The maximum absolute atomic E-state index is 12.2. The SMILES string of the molecule is COC(=O)c1cc(CNC(=O)/C=C/c2c(Cl)nc3ccccn23)ccc1OC. The molecule has 0 fully saturated rings. The molecule has 3 rings (SSSR count). The molecule has 0 bridgehead atoms. The molecule has 8 heteroatoms. The third kappa shape index (κ3) is 4.15. The smallest absolute Gasteiger partial charge is 0.341 e. The Morgan fingerprint density at radius 3 is 2.82 bits per heavy atom. The first kappa shape index (κ1) is 19.4. The van der Waals surface area contributed by atoms with Gasteiger partial charge in [0.1, 0.15) is 17.0 Å². The Balaban J connectivity index is 1.69. The summed E-state index contributed by atoms with van der Waals surface area (Å²) in [4.78, 5) is 28.2. The fraction of sp³-hybridized carbons (Fsp3) is 0.150. The Labute approximate surface area is 166 Å².